The lowest BCUT2D eigenvalue weighted by Gasteiger charge is -2.13. The maximum absolute atomic E-state index is 13.2. The number of aliphatic hydroxyl groups is 1. The average Bonchev–Trinajstić information content (AvgIpc) is 2.72. The van der Waals surface area contributed by atoms with Crippen LogP contribution in [-0.4, -0.2) is 14.7 Å². The van der Waals surface area contributed by atoms with E-state index in [-0.39, 0.29) is 12.4 Å². The van der Waals surface area contributed by atoms with Crippen molar-refractivity contribution in [1.82, 2.24) is 9.55 Å². The van der Waals surface area contributed by atoms with Crippen LogP contribution < -0.4 is 4.74 Å². The zero-order chi connectivity index (χ0) is 13.1. The van der Waals surface area contributed by atoms with Crippen molar-refractivity contribution in [2.24, 2.45) is 7.05 Å². The maximum Gasteiger partial charge on any atom is 0.130 e. The fraction of sp³-hybridized carbons (Fsp3) is 0.308. The van der Waals surface area contributed by atoms with E-state index in [1.807, 2.05) is 11.6 Å². The molecule has 2 aromatic rings. The van der Waals surface area contributed by atoms with Crippen LogP contribution in [0.15, 0.2) is 30.7 Å². The van der Waals surface area contributed by atoms with Gasteiger partial charge in [0.15, 0.2) is 0 Å². The first-order valence-electron chi connectivity index (χ1n) is 5.63. The van der Waals surface area contributed by atoms with Gasteiger partial charge in [-0.15, -0.1) is 0 Å². The molecule has 0 aliphatic carbocycles. The van der Waals surface area contributed by atoms with E-state index >= 15 is 0 Å². The van der Waals surface area contributed by atoms with Crippen LogP contribution in [0.2, 0.25) is 0 Å². The van der Waals surface area contributed by atoms with Gasteiger partial charge in [-0.25, -0.2) is 9.37 Å². The van der Waals surface area contributed by atoms with Crippen molar-refractivity contribution in [3.8, 4) is 5.75 Å². The molecule has 1 atom stereocenters. The van der Waals surface area contributed by atoms with Gasteiger partial charge in [-0.3, -0.25) is 0 Å². The summed E-state index contributed by atoms with van der Waals surface area (Å²) in [6.45, 7) is 1.89. The van der Waals surface area contributed by atoms with Crippen molar-refractivity contribution in [1.29, 1.82) is 0 Å². The summed E-state index contributed by atoms with van der Waals surface area (Å²) in [4.78, 5) is 3.97. The smallest absolute Gasteiger partial charge is 0.130 e. The Labute approximate surface area is 105 Å². The minimum absolute atomic E-state index is 0.277. The molecule has 4 nitrogen and oxygen atoms in total. The third-order valence-corrected chi connectivity index (χ3v) is 2.72. The lowest BCUT2D eigenvalue weighted by atomic mass is 10.1. The third kappa shape index (κ3) is 2.68. The van der Waals surface area contributed by atoms with Crippen LogP contribution in [0.3, 0.4) is 0 Å². The zero-order valence-corrected chi connectivity index (χ0v) is 10.3. The lowest BCUT2D eigenvalue weighted by Crippen LogP contribution is -2.04. The number of nitrogens with zero attached hydrogens (tertiary/aromatic N) is 2. The SMILES string of the molecule is CC(O)c1ccc(F)cc1OCc1cncn1C. The van der Waals surface area contributed by atoms with Crippen molar-refractivity contribution in [2.75, 3.05) is 0 Å². The molecule has 0 bridgehead atoms. The minimum atomic E-state index is -0.702. The van der Waals surface area contributed by atoms with E-state index in [0.29, 0.717) is 11.3 Å². The summed E-state index contributed by atoms with van der Waals surface area (Å²) in [5.41, 5.74) is 1.44. The fourth-order valence-electron chi connectivity index (χ4n) is 1.65. The van der Waals surface area contributed by atoms with Crippen LogP contribution in [0.4, 0.5) is 4.39 Å². The Morgan fingerprint density at radius 2 is 2.28 bits per heavy atom. The van der Waals surface area contributed by atoms with Crippen LogP contribution >= 0.6 is 0 Å². The van der Waals surface area contributed by atoms with Crippen molar-refractivity contribution in [2.45, 2.75) is 19.6 Å². The molecule has 1 unspecified atom stereocenters. The molecule has 0 saturated heterocycles. The van der Waals surface area contributed by atoms with Crippen molar-refractivity contribution in [3.05, 3.63) is 47.8 Å². The van der Waals surface area contributed by atoms with Gasteiger partial charge >= 0.3 is 0 Å². The van der Waals surface area contributed by atoms with Crippen LogP contribution in [0.5, 0.6) is 5.75 Å². The highest BCUT2D eigenvalue weighted by atomic mass is 19.1. The largest absolute Gasteiger partial charge is 0.487 e. The topological polar surface area (TPSA) is 47.3 Å². The second-order valence-corrected chi connectivity index (χ2v) is 4.14. The van der Waals surface area contributed by atoms with Gasteiger partial charge in [0.05, 0.1) is 24.3 Å². The molecule has 0 fully saturated rings. The quantitative estimate of drug-likeness (QED) is 0.904. The van der Waals surface area contributed by atoms with Gasteiger partial charge in [0.2, 0.25) is 0 Å². The molecule has 0 amide bonds. The summed E-state index contributed by atoms with van der Waals surface area (Å²) in [6, 6.07) is 4.11. The summed E-state index contributed by atoms with van der Waals surface area (Å²) in [5, 5.41) is 9.59. The molecule has 1 aromatic carbocycles. The van der Waals surface area contributed by atoms with Gasteiger partial charge in [0.25, 0.3) is 0 Å². The molecule has 0 saturated carbocycles. The third-order valence-electron chi connectivity index (χ3n) is 2.72. The fourth-order valence-corrected chi connectivity index (χ4v) is 1.65. The predicted octanol–water partition coefficient (Wildman–Crippen LogP) is 2.19. The average molecular weight is 250 g/mol. The van der Waals surface area contributed by atoms with Gasteiger partial charge < -0.3 is 14.4 Å². The molecule has 2 rings (SSSR count). The minimum Gasteiger partial charge on any atom is -0.487 e. The highest BCUT2D eigenvalue weighted by molar-refractivity contribution is 5.35. The number of ether oxygens (including phenoxy) is 1. The van der Waals surface area contributed by atoms with Gasteiger partial charge in [-0.2, -0.15) is 0 Å². The molecule has 0 spiro atoms. The van der Waals surface area contributed by atoms with Crippen molar-refractivity contribution < 1.29 is 14.2 Å². The van der Waals surface area contributed by atoms with E-state index in [9.17, 15) is 9.50 Å². The van der Waals surface area contributed by atoms with E-state index < -0.39 is 6.10 Å². The standard InChI is InChI=1S/C13H15FN2O2/c1-9(17)12-4-3-10(14)5-13(12)18-7-11-6-15-8-16(11)2/h3-6,8-9,17H,7H2,1-2H3. The first-order valence-corrected chi connectivity index (χ1v) is 5.63. The summed E-state index contributed by atoms with van der Waals surface area (Å²) >= 11 is 0. The first-order chi connectivity index (χ1) is 8.58. The second kappa shape index (κ2) is 5.18. The monoisotopic (exact) mass is 250 g/mol. The summed E-state index contributed by atoms with van der Waals surface area (Å²) in [5.74, 6) is -0.0365. The summed E-state index contributed by atoms with van der Waals surface area (Å²) in [7, 11) is 1.85. The Hall–Kier alpha value is -1.88. The molecule has 1 N–H and O–H groups in total. The summed E-state index contributed by atoms with van der Waals surface area (Å²) in [6.07, 6.45) is 2.65. The molecule has 0 radical (unpaired) electrons. The molecular weight excluding hydrogens is 235 g/mol. The van der Waals surface area contributed by atoms with Gasteiger partial charge in [-0.05, 0) is 19.1 Å². The number of hydrogen-bond acceptors (Lipinski definition) is 3. The number of hydrogen-bond donors (Lipinski definition) is 1. The normalized spacial score (nSPS) is 12.4. The number of rotatable bonds is 4. The number of benzene rings is 1. The lowest BCUT2D eigenvalue weighted by molar-refractivity contribution is 0.189. The molecule has 96 valence electrons. The number of halogens is 1. The molecule has 5 heteroatoms. The van der Waals surface area contributed by atoms with Gasteiger partial charge in [0, 0.05) is 18.7 Å². The van der Waals surface area contributed by atoms with Crippen LogP contribution in [0.1, 0.15) is 24.3 Å². The van der Waals surface area contributed by atoms with Crippen LogP contribution in [0, 0.1) is 5.82 Å². The summed E-state index contributed by atoms with van der Waals surface area (Å²) < 4.78 is 20.5. The number of aryl methyl sites for hydroxylation is 1. The number of aliphatic hydroxyl groups excluding tert-OH is 1. The second-order valence-electron chi connectivity index (χ2n) is 4.14. The Kier molecular flexibility index (Phi) is 3.62. The van der Waals surface area contributed by atoms with Crippen LogP contribution in [-0.2, 0) is 13.7 Å². The Balaban J connectivity index is 2.18. The predicted molar refractivity (Wildman–Crippen MR) is 64.6 cm³/mol. The van der Waals surface area contributed by atoms with Crippen LogP contribution in [0.25, 0.3) is 0 Å². The van der Waals surface area contributed by atoms with Crippen molar-refractivity contribution in [3.63, 3.8) is 0 Å². The molecule has 1 heterocycles. The van der Waals surface area contributed by atoms with E-state index in [1.54, 1.807) is 19.4 Å². The molecule has 18 heavy (non-hydrogen) atoms. The maximum atomic E-state index is 13.2. The van der Waals surface area contributed by atoms with Crippen molar-refractivity contribution >= 4 is 0 Å². The van der Waals surface area contributed by atoms with E-state index in [2.05, 4.69) is 4.98 Å². The van der Waals surface area contributed by atoms with Gasteiger partial charge in [-0.1, -0.05) is 0 Å². The highest BCUT2D eigenvalue weighted by Gasteiger charge is 2.11. The number of aromatic nitrogens is 2. The Morgan fingerprint density at radius 3 is 2.89 bits per heavy atom. The highest BCUT2D eigenvalue weighted by Crippen LogP contribution is 2.26. The van der Waals surface area contributed by atoms with E-state index in [0.717, 1.165) is 5.69 Å². The first kappa shape index (κ1) is 12.6. The van der Waals surface area contributed by atoms with Gasteiger partial charge in [0.1, 0.15) is 18.2 Å². The molecule has 0 aliphatic heterocycles. The zero-order valence-electron chi connectivity index (χ0n) is 10.3. The molecular formula is C13H15FN2O2. The Bertz CT molecular complexity index is 538. The molecule has 1 aromatic heterocycles. The Morgan fingerprint density at radius 1 is 1.50 bits per heavy atom. The van der Waals surface area contributed by atoms with E-state index in [1.165, 1.54) is 18.2 Å². The molecule has 0 aliphatic rings. The van der Waals surface area contributed by atoms with E-state index in [4.69, 9.17) is 4.74 Å². The number of imidazole rings is 1.